The van der Waals surface area contributed by atoms with Crippen molar-refractivity contribution >= 4 is 28.9 Å². The van der Waals surface area contributed by atoms with Gasteiger partial charge in [-0.25, -0.2) is 0 Å². The minimum Gasteiger partial charge on any atom is -0.481 e. The number of anilines is 1. The van der Waals surface area contributed by atoms with Gasteiger partial charge >= 0.3 is 0 Å². The van der Waals surface area contributed by atoms with E-state index >= 15 is 0 Å². The van der Waals surface area contributed by atoms with Crippen LogP contribution in [-0.2, 0) is 4.79 Å². The zero-order valence-electron chi connectivity index (χ0n) is 13.3. The second kappa shape index (κ2) is 7.79. The Hall–Kier alpha value is -2.60. The van der Waals surface area contributed by atoms with Crippen molar-refractivity contribution in [3.63, 3.8) is 0 Å². The molecule has 0 aromatic heterocycles. The van der Waals surface area contributed by atoms with Crippen molar-refractivity contribution in [3.8, 4) is 5.75 Å². The SMILES string of the molecule is CC[C@@H](Oc1ccc(Cl)c(C)c1)C(=O)Nc1cccc([N+](=O)[O-])c1. The van der Waals surface area contributed by atoms with Crippen molar-refractivity contribution in [1.29, 1.82) is 0 Å². The fraction of sp³-hybridized carbons (Fsp3) is 0.235. The van der Waals surface area contributed by atoms with Gasteiger partial charge in [0.15, 0.2) is 6.10 Å². The molecular formula is C17H17ClN2O4. The first kappa shape index (κ1) is 17.7. The van der Waals surface area contributed by atoms with Gasteiger partial charge < -0.3 is 10.1 Å². The van der Waals surface area contributed by atoms with E-state index in [4.69, 9.17) is 16.3 Å². The molecule has 0 aliphatic carbocycles. The minimum absolute atomic E-state index is 0.0879. The predicted molar refractivity (Wildman–Crippen MR) is 92.6 cm³/mol. The molecule has 0 radical (unpaired) electrons. The van der Waals surface area contributed by atoms with Gasteiger partial charge in [-0.05, 0) is 43.2 Å². The highest BCUT2D eigenvalue weighted by atomic mass is 35.5. The summed E-state index contributed by atoms with van der Waals surface area (Å²) < 4.78 is 5.71. The summed E-state index contributed by atoms with van der Waals surface area (Å²) in [7, 11) is 0. The average molecular weight is 349 g/mol. The third-order valence-electron chi connectivity index (χ3n) is 3.40. The maximum absolute atomic E-state index is 12.3. The number of non-ortho nitro benzene ring substituents is 1. The Bertz CT molecular complexity index is 764. The van der Waals surface area contributed by atoms with Gasteiger partial charge in [-0.3, -0.25) is 14.9 Å². The zero-order chi connectivity index (χ0) is 17.7. The van der Waals surface area contributed by atoms with Crippen molar-refractivity contribution in [1.82, 2.24) is 0 Å². The third kappa shape index (κ3) is 4.45. The number of rotatable bonds is 6. The van der Waals surface area contributed by atoms with Crippen LogP contribution in [0.4, 0.5) is 11.4 Å². The van der Waals surface area contributed by atoms with Gasteiger partial charge in [0, 0.05) is 22.8 Å². The third-order valence-corrected chi connectivity index (χ3v) is 3.82. The number of aryl methyl sites for hydroxylation is 1. The topological polar surface area (TPSA) is 81.5 Å². The van der Waals surface area contributed by atoms with Crippen LogP contribution in [0.2, 0.25) is 5.02 Å². The van der Waals surface area contributed by atoms with Gasteiger partial charge in [0.05, 0.1) is 4.92 Å². The lowest BCUT2D eigenvalue weighted by molar-refractivity contribution is -0.384. The molecule has 0 saturated carbocycles. The maximum Gasteiger partial charge on any atom is 0.271 e. The number of nitrogens with zero attached hydrogens (tertiary/aromatic N) is 1. The summed E-state index contributed by atoms with van der Waals surface area (Å²) in [6.07, 6.45) is -0.271. The molecule has 1 N–H and O–H groups in total. The number of carbonyl (C=O) groups excluding carboxylic acids is 1. The number of carbonyl (C=O) groups is 1. The number of hydrogen-bond acceptors (Lipinski definition) is 4. The lowest BCUT2D eigenvalue weighted by Crippen LogP contribution is -2.32. The molecule has 0 aliphatic heterocycles. The fourth-order valence-corrected chi connectivity index (χ4v) is 2.21. The molecule has 126 valence electrons. The van der Waals surface area contributed by atoms with Gasteiger partial charge in [0.1, 0.15) is 5.75 Å². The minimum atomic E-state index is -0.718. The number of nitro groups is 1. The van der Waals surface area contributed by atoms with Crippen molar-refractivity contribution in [3.05, 3.63) is 63.2 Å². The number of nitrogens with one attached hydrogen (secondary N) is 1. The highest BCUT2D eigenvalue weighted by Crippen LogP contribution is 2.23. The van der Waals surface area contributed by atoms with E-state index in [0.717, 1.165) is 5.56 Å². The van der Waals surface area contributed by atoms with Crippen molar-refractivity contribution < 1.29 is 14.5 Å². The summed E-state index contributed by atoms with van der Waals surface area (Å²) in [5.74, 6) is 0.170. The first-order valence-corrected chi connectivity index (χ1v) is 7.76. The number of hydrogen-bond donors (Lipinski definition) is 1. The van der Waals surface area contributed by atoms with E-state index in [9.17, 15) is 14.9 Å². The Morgan fingerprint density at radius 1 is 1.33 bits per heavy atom. The standard InChI is InChI=1S/C17H17ClN2O4/c1-3-16(24-14-7-8-15(18)11(2)9-14)17(21)19-12-5-4-6-13(10-12)20(22)23/h4-10,16H,3H2,1-2H3,(H,19,21)/t16-/m1/s1. The van der Waals surface area contributed by atoms with E-state index in [2.05, 4.69) is 5.32 Å². The molecule has 7 heteroatoms. The summed E-state index contributed by atoms with van der Waals surface area (Å²) >= 11 is 5.97. The second-order valence-electron chi connectivity index (χ2n) is 5.22. The summed E-state index contributed by atoms with van der Waals surface area (Å²) in [5, 5.41) is 14.0. The largest absolute Gasteiger partial charge is 0.481 e. The molecule has 24 heavy (non-hydrogen) atoms. The van der Waals surface area contributed by atoms with Gasteiger partial charge in [0.25, 0.3) is 11.6 Å². The molecule has 0 fully saturated rings. The van der Waals surface area contributed by atoms with Crippen LogP contribution in [0.25, 0.3) is 0 Å². The fourth-order valence-electron chi connectivity index (χ4n) is 2.10. The first-order chi connectivity index (χ1) is 11.4. The molecule has 2 rings (SSSR count). The Kier molecular flexibility index (Phi) is 5.76. The summed E-state index contributed by atoms with van der Waals surface area (Å²) in [6, 6.07) is 10.9. The summed E-state index contributed by atoms with van der Waals surface area (Å²) in [6.45, 7) is 3.67. The van der Waals surface area contributed by atoms with Crippen molar-refractivity contribution in [2.75, 3.05) is 5.32 Å². The molecule has 0 heterocycles. The lowest BCUT2D eigenvalue weighted by Gasteiger charge is -2.17. The number of nitro benzene ring substituents is 1. The van der Waals surface area contributed by atoms with Crippen LogP contribution in [0.5, 0.6) is 5.75 Å². The summed E-state index contributed by atoms with van der Waals surface area (Å²) in [4.78, 5) is 22.6. The molecule has 1 atom stereocenters. The van der Waals surface area contributed by atoms with Crippen molar-refractivity contribution in [2.45, 2.75) is 26.4 Å². The van der Waals surface area contributed by atoms with E-state index < -0.39 is 11.0 Å². The molecule has 0 spiro atoms. The highest BCUT2D eigenvalue weighted by molar-refractivity contribution is 6.31. The Labute approximate surface area is 144 Å². The molecule has 0 aliphatic rings. The van der Waals surface area contributed by atoms with Gasteiger partial charge in [-0.1, -0.05) is 24.6 Å². The molecule has 0 unspecified atom stereocenters. The van der Waals surface area contributed by atoms with Gasteiger partial charge in [-0.15, -0.1) is 0 Å². The van der Waals surface area contributed by atoms with Crippen LogP contribution in [0.15, 0.2) is 42.5 Å². The van der Waals surface area contributed by atoms with Gasteiger partial charge in [-0.2, -0.15) is 0 Å². The molecular weight excluding hydrogens is 332 g/mol. The quantitative estimate of drug-likeness (QED) is 0.621. The normalized spacial score (nSPS) is 11.6. The molecule has 6 nitrogen and oxygen atoms in total. The first-order valence-electron chi connectivity index (χ1n) is 7.39. The number of halogens is 1. The monoisotopic (exact) mass is 348 g/mol. The number of benzene rings is 2. The van der Waals surface area contributed by atoms with E-state index in [1.165, 1.54) is 18.2 Å². The molecule has 0 saturated heterocycles. The molecule has 2 aromatic carbocycles. The molecule has 2 aromatic rings. The van der Waals surface area contributed by atoms with Crippen LogP contribution in [0.1, 0.15) is 18.9 Å². The van der Waals surface area contributed by atoms with E-state index in [-0.39, 0.29) is 11.6 Å². The van der Waals surface area contributed by atoms with Crippen molar-refractivity contribution in [2.24, 2.45) is 0 Å². The second-order valence-corrected chi connectivity index (χ2v) is 5.63. The van der Waals surface area contributed by atoms with Gasteiger partial charge in [0.2, 0.25) is 0 Å². The molecule has 0 bridgehead atoms. The predicted octanol–water partition coefficient (Wildman–Crippen LogP) is 4.35. The lowest BCUT2D eigenvalue weighted by atomic mass is 10.2. The van der Waals surface area contributed by atoms with Crippen LogP contribution in [0, 0.1) is 17.0 Å². The smallest absolute Gasteiger partial charge is 0.271 e. The average Bonchev–Trinajstić information content (AvgIpc) is 2.55. The van der Waals surface area contributed by atoms with Crippen LogP contribution in [-0.4, -0.2) is 16.9 Å². The number of ether oxygens (including phenoxy) is 1. The molecule has 1 amide bonds. The van der Waals surface area contributed by atoms with Crippen LogP contribution in [0.3, 0.4) is 0 Å². The Balaban J connectivity index is 2.09. The van der Waals surface area contributed by atoms with Crippen LogP contribution < -0.4 is 10.1 Å². The summed E-state index contributed by atoms with van der Waals surface area (Å²) in [5.41, 5.74) is 1.11. The Morgan fingerprint density at radius 3 is 2.71 bits per heavy atom. The maximum atomic E-state index is 12.3. The van der Waals surface area contributed by atoms with E-state index in [0.29, 0.717) is 22.9 Å². The van der Waals surface area contributed by atoms with E-state index in [1.54, 1.807) is 24.3 Å². The Morgan fingerprint density at radius 2 is 2.08 bits per heavy atom. The number of amides is 1. The van der Waals surface area contributed by atoms with Crippen LogP contribution >= 0.6 is 11.6 Å². The highest BCUT2D eigenvalue weighted by Gasteiger charge is 2.19. The van der Waals surface area contributed by atoms with E-state index in [1.807, 2.05) is 13.8 Å². The zero-order valence-corrected chi connectivity index (χ0v) is 14.0.